The Morgan fingerprint density at radius 3 is 2.47 bits per heavy atom. The van der Waals surface area contributed by atoms with E-state index in [-0.39, 0.29) is 5.56 Å². The molecule has 0 aromatic heterocycles. The van der Waals surface area contributed by atoms with Crippen LogP contribution >= 0.6 is 11.6 Å². The van der Waals surface area contributed by atoms with Gasteiger partial charge in [0.2, 0.25) is 0 Å². The molecule has 1 saturated heterocycles. The van der Waals surface area contributed by atoms with Crippen molar-refractivity contribution in [1.29, 1.82) is 0 Å². The average Bonchev–Trinajstić information content (AvgIpc) is 2.77. The summed E-state index contributed by atoms with van der Waals surface area (Å²) in [6.45, 7) is 4.57. The molecule has 2 aromatic carbocycles. The Morgan fingerprint density at radius 2 is 1.83 bits per heavy atom. The topological polar surface area (TPSA) is 77.4 Å². The van der Waals surface area contributed by atoms with Crippen molar-refractivity contribution in [1.82, 2.24) is 4.90 Å². The van der Waals surface area contributed by atoms with Crippen LogP contribution in [0.1, 0.15) is 16.8 Å². The number of rotatable bonds is 7. The fourth-order valence-electron chi connectivity index (χ4n) is 3.31. The molecule has 0 unspecified atom stereocenters. The molecule has 2 N–H and O–H groups in total. The summed E-state index contributed by atoms with van der Waals surface area (Å²) in [6.07, 6.45) is 0.833. The number of para-hydroxylation sites is 1. The first-order valence-electron chi connectivity index (χ1n) is 9.96. The highest BCUT2D eigenvalue weighted by Gasteiger charge is 2.21. The molecular weight excluding hydrogens is 404 g/mol. The zero-order chi connectivity index (χ0) is 21.3. The van der Waals surface area contributed by atoms with Crippen molar-refractivity contribution in [3.05, 3.63) is 59.1 Å². The van der Waals surface area contributed by atoms with Gasteiger partial charge in [0.15, 0.2) is 5.96 Å². The number of piperazine rings is 1. The fraction of sp³-hybridized carbons (Fsp3) is 0.364. The highest BCUT2D eigenvalue weighted by molar-refractivity contribution is 6.33. The summed E-state index contributed by atoms with van der Waals surface area (Å²) in [4.78, 5) is 20.3. The smallest absolute Gasteiger partial charge is 0.335 e. The van der Waals surface area contributed by atoms with E-state index >= 15 is 0 Å². The number of benzene rings is 2. The van der Waals surface area contributed by atoms with Crippen molar-refractivity contribution in [2.75, 3.05) is 56.7 Å². The summed E-state index contributed by atoms with van der Waals surface area (Å²) >= 11 is 6.35. The molecule has 1 aliphatic heterocycles. The van der Waals surface area contributed by atoms with Gasteiger partial charge in [-0.1, -0.05) is 23.7 Å². The van der Waals surface area contributed by atoms with Crippen LogP contribution in [0.15, 0.2) is 53.5 Å². The third kappa shape index (κ3) is 5.87. The Kier molecular flexibility index (Phi) is 7.93. The summed E-state index contributed by atoms with van der Waals surface area (Å²) in [5.41, 5.74) is 2.11. The first-order valence-corrected chi connectivity index (χ1v) is 10.3. The van der Waals surface area contributed by atoms with Gasteiger partial charge in [0.25, 0.3) is 0 Å². The number of anilines is 2. The minimum absolute atomic E-state index is 0.257. The maximum Gasteiger partial charge on any atom is 0.335 e. The van der Waals surface area contributed by atoms with Crippen LogP contribution in [0.4, 0.5) is 11.4 Å². The van der Waals surface area contributed by atoms with Crippen LogP contribution in [0.25, 0.3) is 0 Å². The number of carbonyl (C=O) groups is 1. The lowest BCUT2D eigenvalue weighted by atomic mass is 10.2. The number of hydrogen-bond donors (Lipinski definition) is 2. The van der Waals surface area contributed by atoms with Gasteiger partial charge in [-0.15, -0.1) is 0 Å². The Labute approximate surface area is 181 Å². The highest BCUT2D eigenvalue weighted by atomic mass is 35.5. The zero-order valence-electron chi connectivity index (χ0n) is 17.1. The van der Waals surface area contributed by atoms with Gasteiger partial charge in [0.05, 0.1) is 16.3 Å². The molecule has 0 bridgehead atoms. The fourth-order valence-corrected chi connectivity index (χ4v) is 3.56. The Hall–Kier alpha value is -2.77. The number of ether oxygens (including phenoxy) is 1. The quantitative estimate of drug-likeness (QED) is 0.396. The summed E-state index contributed by atoms with van der Waals surface area (Å²) in [5, 5.41) is 13.2. The van der Waals surface area contributed by atoms with Crippen LogP contribution in [0, 0.1) is 0 Å². The highest BCUT2D eigenvalue weighted by Crippen LogP contribution is 2.26. The Bertz CT molecular complexity index is 865. The molecule has 30 heavy (non-hydrogen) atoms. The number of methoxy groups -OCH3 is 1. The van der Waals surface area contributed by atoms with Gasteiger partial charge in [-0.3, -0.25) is 4.99 Å². The van der Waals surface area contributed by atoms with E-state index in [1.807, 2.05) is 24.3 Å². The monoisotopic (exact) mass is 430 g/mol. The molecule has 0 spiro atoms. The number of hydrogen-bond acceptors (Lipinski definition) is 4. The van der Waals surface area contributed by atoms with Gasteiger partial charge in [0, 0.05) is 52.1 Å². The standard InChI is InChI=1S/C22H27ClN4O3/c1-30-16-4-11-24-22(25-18-9-7-17(8-10-18)21(28)29)27-14-12-26(13-15-27)20-6-3-2-5-19(20)23/h2-3,5-10H,4,11-16H2,1H3,(H,24,25)(H,28,29). The number of aliphatic imine (C=N–C) groups is 1. The minimum Gasteiger partial charge on any atom is -0.478 e. The van der Waals surface area contributed by atoms with Crippen molar-refractivity contribution in [3.8, 4) is 0 Å². The van der Waals surface area contributed by atoms with Crippen molar-refractivity contribution in [2.24, 2.45) is 4.99 Å². The van der Waals surface area contributed by atoms with Crippen molar-refractivity contribution >= 4 is 34.9 Å². The first-order chi connectivity index (χ1) is 14.6. The zero-order valence-corrected chi connectivity index (χ0v) is 17.8. The number of halogens is 1. The van der Waals surface area contributed by atoms with Crippen molar-refractivity contribution in [2.45, 2.75) is 6.42 Å². The van der Waals surface area contributed by atoms with Gasteiger partial charge < -0.3 is 25.0 Å². The second kappa shape index (κ2) is 10.8. The van der Waals surface area contributed by atoms with E-state index in [2.05, 4.69) is 15.1 Å². The van der Waals surface area contributed by atoms with Crippen LogP contribution < -0.4 is 10.2 Å². The SMILES string of the molecule is COCCCN=C(Nc1ccc(C(=O)O)cc1)N1CCN(c2ccccc2Cl)CC1. The number of nitrogens with one attached hydrogen (secondary N) is 1. The number of nitrogens with zero attached hydrogens (tertiary/aromatic N) is 3. The molecule has 1 fully saturated rings. The average molecular weight is 431 g/mol. The maximum absolute atomic E-state index is 11.1. The number of carboxylic acid groups (broad SMARTS) is 1. The van der Waals surface area contributed by atoms with Gasteiger partial charge in [-0.2, -0.15) is 0 Å². The molecule has 8 heteroatoms. The van der Waals surface area contributed by atoms with E-state index < -0.39 is 5.97 Å². The lowest BCUT2D eigenvalue weighted by Crippen LogP contribution is -2.50. The second-order valence-corrected chi connectivity index (χ2v) is 7.39. The lowest BCUT2D eigenvalue weighted by molar-refractivity contribution is 0.0697. The van der Waals surface area contributed by atoms with Crippen LogP contribution in [-0.4, -0.2) is 68.4 Å². The van der Waals surface area contributed by atoms with Crippen LogP contribution in [0.5, 0.6) is 0 Å². The summed E-state index contributed by atoms with van der Waals surface area (Å²) in [6, 6.07) is 14.6. The maximum atomic E-state index is 11.1. The summed E-state index contributed by atoms with van der Waals surface area (Å²) in [7, 11) is 1.68. The molecule has 160 valence electrons. The van der Waals surface area contributed by atoms with E-state index in [9.17, 15) is 4.79 Å². The van der Waals surface area contributed by atoms with Crippen molar-refractivity contribution < 1.29 is 14.6 Å². The summed E-state index contributed by atoms with van der Waals surface area (Å²) < 4.78 is 5.12. The molecule has 0 aliphatic carbocycles. The third-order valence-corrected chi connectivity index (χ3v) is 5.25. The van der Waals surface area contributed by atoms with Crippen molar-refractivity contribution in [3.63, 3.8) is 0 Å². The van der Waals surface area contributed by atoms with Gasteiger partial charge in [-0.05, 0) is 42.8 Å². The molecule has 0 saturated carbocycles. The molecule has 1 aliphatic rings. The Balaban J connectivity index is 1.68. The molecule has 7 nitrogen and oxygen atoms in total. The molecule has 1 heterocycles. The molecule has 2 aromatic rings. The third-order valence-electron chi connectivity index (χ3n) is 4.93. The van der Waals surface area contributed by atoms with Gasteiger partial charge in [0.1, 0.15) is 0 Å². The minimum atomic E-state index is -0.939. The number of carboxylic acids is 1. The summed E-state index contributed by atoms with van der Waals surface area (Å²) in [5.74, 6) is -0.154. The van der Waals surface area contributed by atoms with E-state index in [1.165, 1.54) is 0 Å². The van der Waals surface area contributed by atoms with Crippen LogP contribution in [0.2, 0.25) is 5.02 Å². The van der Waals surface area contributed by atoms with Gasteiger partial charge in [-0.25, -0.2) is 4.79 Å². The van der Waals surface area contributed by atoms with Gasteiger partial charge >= 0.3 is 5.97 Å². The van der Waals surface area contributed by atoms with Crippen LogP contribution in [-0.2, 0) is 4.74 Å². The second-order valence-electron chi connectivity index (χ2n) is 6.98. The Morgan fingerprint density at radius 1 is 1.13 bits per heavy atom. The molecule has 0 radical (unpaired) electrons. The number of aromatic carboxylic acids is 1. The molecule has 0 amide bonds. The van der Waals surface area contributed by atoms with E-state index in [0.717, 1.165) is 55.0 Å². The largest absolute Gasteiger partial charge is 0.478 e. The number of guanidine groups is 1. The normalized spacial score (nSPS) is 14.7. The molecule has 0 atom stereocenters. The molecule has 3 rings (SSSR count). The first kappa shape index (κ1) is 21.9. The predicted molar refractivity (Wildman–Crippen MR) is 121 cm³/mol. The van der Waals surface area contributed by atoms with E-state index in [4.69, 9.17) is 26.4 Å². The van der Waals surface area contributed by atoms with E-state index in [0.29, 0.717) is 13.2 Å². The molecular formula is C22H27ClN4O3. The lowest BCUT2D eigenvalue weighted by Gasteiger charge is -2.38. The predicted octanol–water partition coefficient (Wildman–Crippen LogP) is 3.66. The van der Waals surface area contributed by atoms with E-state index in [1.54, 1.807) is 31.4 Å². The van der Waals surface area contributed by atoms with Crippen LogP contribution in [0.3, 0.4) is 0 Å².